The average molecular weight is 168 g/mol. The van der Waals surface area contributed by atoms with Crippen molar-refractivity contribution in [1.82, 2.24) is 4.90 Å². The molecule has 0 rings (SSSR count). The monoisotopic (exact) mass is 168 g/mol. The Hall–Kier alpha value is -1.01. The number of hydrogen-bond acceptors (Lipinski definition) is 2. The molecule has 0 aromatic heterocycles. The maximum atomic E-state index is 11.4. The van der Waals surface area contributed by atoms with Gasteiger partial charge in [0.1, 0.15) is 0 Å². The number of carbonyl (C=O) groups excluding carboxylic acids is 1. The van der Waals surface area contributed by atoms with E-state index in [9.17, 15) is 4.79 Å². The van der Waals surface area contributed by atoms with Gasteiger partial charge in [-0.05, 0) is 13.8 Å². The second kappa shape index (κ2) is 4.78. The SMILES string of the molecule is C#CCC(N)C(=O)N(C)C(C)C. The van der Waals surface area contributed by atoms with Gasteiger partial charge in [0, 0.05) is 19.5 Å². The van der Waals surface area contributed by atoms with Crippen LogP contribution in [0.3, 0.4) is 0 Å². The zero-order valence-electron chi connectivity index (χ0n) is 7.87. The summed E-state index contributed by atoms with van der Waals surface area (Å²) in [6.07, 6.45) is 5.34. The number of hydrogen-bond donors (Lipinski definition) is 1. The molecule has 1 amide bonds. The predicted molar refractivity (Wildman–Crippen MR) is 49.3 cm³/mol. The molecule has 0 heterocycles. The fourth-order valence-electron chi connectivity index (χ4n) is 0.730. The summed E-state index contributed by atoms with van der Waals surface area (Å²) in [6.45, 7) is 3.86. The Morgan fingerprint density at radius 2 is 2.17 bits per heavy atom. The predicted octanol–water partition coefficient (Wildman–Crippen LogP) is 0.204. The smallest absolute Gasteiger partial charge is 0.240 e. The first-order chi connectivity index (χ1) is 5.50. The van der Waals surface area contributed by atoms with Gasteiger partial charge in [-0.15, -0.1) is 12.3 Å². The van der Waals surface area contributed by atoms with Crippen molar-refractivity contribution >= 4 is 5.91 Å². The molecule has 68 valence electrons. The highest BCUT2D eigenvalue weighted by Gasteiger charge is 2.18. The fraction of sp³-hybridized carbons (Fsp3) is 0.667. The van der Waals surface area contributed by atoms with Gasteiger partial charge in [0.15, 0.2) is 0 Å². The third-order valence-corrected chi connectivity index (χ3v) is 1.78. The maximum absolute atomic E-state index is 11.4. The van der Waals surface area contributed by atoms with E-state index in [1.54, 1.807) is 11.9 Å². The molecule has 1 atom stereocenters. The lowest BCUT2D eigenvalue weighted by atomic mass is 10.2. The second-order valence-corrected chi connectivity index (χ2v) is 3.06. The van der Waals surface area contributed by atoms with Crippen molar-refractivity contribution in [3.63, 3.8) is 0 Å². The Morgan fingerprint density at radius 1 is 1.67 bits per heavy atom. The van der Waals surface area contributed by atoms with Gasteiger partial charge in [-0.1, -0.05) is 0 Å². The van der Waals surface area contributed by atoms with E-state index >= 15 is 0 Å². The highest BCUT2D eigenvalue weighted by molar-refractivity contribution is 5.81. The third-order valence-electron chi connectivity index (χ3n) is 1.78. The zero-order valence-corrected chi connectivity index (χ0v) is 7.87. The number of carbonyl (C=O) groups is 1. The Balaban J connectivity index is 4.11. The molecule has 1 unspecified atom stereocenters. The van der Waals surface area contributed by atoms with Crippen LogP contribution in [0.2, 0.25) is 0 Å². The van der Waals surface area contributed by atoms with Crippen molar-refractivity contribution in [2.24, 2.45) is 5.73 Å². The van der Waals surface area contributed by atoms with Gasteiger partial charge in [-0.3, -0.25) is 4.79 Å². The second-order valence-electron chi connectivity index (χ2n) is 3.06. The standard InChI is InChI=1S/C9H16N2O/c1-5-6-8(10)9(12)11(4)7(2)3/h1,7-8H,6,10H2,2-4H3. The molecular formula is C9H16N2O. The summed E-state index contributed by atoms with van der Waals surface area (Å²) >= 11 is 0. The van der Waals surface area contributed by atoms with Gasteiger partial charge in [-0.25, -0.2) is 0 Å². The van der Waals surface area contributed by atoms with Crippen LogP contribution in [0, 0.1) is 12.3 Å². The van der Waals surface area contributed by atoms with E-state index in [0.29, 0.717) is 6.42 Å². The normalized spacial score (nSPS) is 12.3. The van der Waals surface area contributed by atoms with E-state index in [-0.39, 0.29) is 11.9 Å². The van der Waals surface area contributed by atoms with Crippen molar-refractivity contribution in [3.05, 3.63) is 0 Å². The van der Waals surface area contributed by atoms with Crippen LogP contribution in [-0.2, 0) is 4.79 Å². The minimum atomic E-state index is -0.553. The van der Waals surface area contributed by atoms with Gasteiger partial charge in [-0.2, -0.15) is 0 Å². The highest BCUT2D eigenvalue weighted by Crippen LogP contribution is 1.98. The van der Waals surface area contributed by atoms with Crippen molar-refractivity contribution in [2.45, 2.75) is 32.4 Å². The Labute approximate surface area is 73.9 Å². The number of rotatable bonds is 3. The van der Waals surface area contributed by atoms with Gasteiger partial charge >= 0.3 is 0 Å². The molecule has 0 aliphatic heterocycles. The minimum Gasteiger partial charge on any atom is -0.342 e. The largest absolute Gasteiger partial charge is 0.342 e. The first-order valence-electron chi connectivity index (χ1n) is 3.96. The molecule has 0 saturated heterocycles. The topological polar surface area (TPSA) is 46.3 Å². The molecule has 12 heavy (non-hydrogen) atoms. The van der Waals surface area contributed by atoms with Crippen molar-refractivity contribution in [1.29, 1.82) is 0 Å². The van der Waals surface area contributed by atoms with Crippen LogP contribution >= 0.6 is 0 Å². The Morgan fingerprint density at radius 3 is 2.50 bits per heavy atom. The Kier molecular flexibility index (Phi) is 4.38. The molecule has 0 radical (unpaired) electrons. The first kappa shape index (κ1) is 11.0. The molecule has 3 nitrogen and oxygen atoms in total. The fourth-order valence-corrected chi connectivity index (χ4v) is 0.730. The van der Waals surface area contributed by atoms with E-state index in [1.807, 2.05) is 13.8 Å². The maximum Gasteiger partial charge on any atom is 0.240 e. The molecule has 0 aliphatic rings. The van der Waals surface area contributed by atoms with E-state index in [2.05, 4.69) is 5.92 Å². The molecule has 0 fully saturated rings. The van der Waals surface area contributed by atoms with Crippen LogP contribution in [0.4, 0.5) is 0 Å². The van der Waals surface area contributed by atoms with Crippen LogP contribution in [0.1, 0.15) is 20.3 Å². The lowest BCUT2D eigenvalue weighted by molar-refractivity contribution is -0.132. The number of likely N-dealkylation sites (N-methyl/N-ethyl adjacent to an activating group) is 1. The lowest BCUT2D eigenvalue weighted by Gasteiger charge is -2.23. The molecule has 0 aromatic rings. The van der Waals surface area contributed by atoms with Crippen molar-refractivity contribution < 1.29 is 4.79 Å². The average Bonchev–Trinajstić information content (AvgIpc) is 2.02. The molecule has 3 heteroatoms. The highest BCUT2D eigenvalue weighted by atomic mass is 16.2. The van der Waals surface area contributed by atoms with Crippen molar-refractivity contribution in [3.8, 4) is 12.3 Å². The van der Waals surface area contributed by atoms with Gasteiger partial charge in [0.25, 0.3) is 0 Å². The molecule has 2 N–H and O–H groups in total. The van der Waals surface area contributed by atoms with Crippen LogP contribution < -0.4 is 5.73 Å². The summed E-state index contributed by atoms with van der Waals surface area (Å²) in [5.74, 6) is 2.28. The van der Waals surface area contributed by atoms with E-state index in [0.717, 1.165) is 0 Å². The van der Waals surface area contributed by atoms with Crippen molar-refractivity contribution in [2.75, 3.05) is 7.05 Å². The van der Waals surface area contributed by atoms with Gasteiger partial charge < -0.3 is 10.6 Å². The van der Waals surface area contributed by atoms with Crippen LogP contribution in [0.15, 0.2) is 0 Å². The first-order valence-corrected chi connectivity index (χ1v) is 3.96. The van der Waals surface area contributed by atoms with Crippen LogP contribution in [0.5, 0.6) is 0 Å². The summed E-state index contributed by atoms with van der Waals surface area (Å²) in [7, 11) is 1.73. The molecule has 0 saturated carbocycles. The summed E-state index contributed by atoms with van der Waals surface area (Å²) in [5.41, 5.74) is 5.53. The summed E-state index contributed by atoms with van der Waals surface area (Å²) in [5, 5.41) is 0. The number of nitrogens with two attached hydrogens (primary N) is 1. The molecular weight excluding hydrogens is 152 g/mol. The molecule has 0 aromatic carbocycles. The lowest BCUT2D eigenvalue weighted by Crippen LogP contribution is -2.44. The van der Waals surface area contributed by atoms with Crippen LogP contribution in [-0.4, -0.2) is 29.9 Å². The molecule has 0 spiro atoms. The van der Waals surface area contributed by atoms with E-state index in [4.69, 9.17) is 12.2 Å². The number of amides is 1. The number of nitrogens with zero attached hydrogens (tertiary/aromatic N) is 1. The Bertz CT molecular complexity index is 193. The van der Waals surface area contributed by atoms with Gasteiger partial charge in [0.05, 0.1) is 6.04 Å². The quantitative estimate of drug-likeness (QED) is 0.612. The third kappa shape index (κ3) is 2.93. The minimum absolute atomic E-state index is 0.0945. The summed E-state index contributed by atoms with van der Waals surface area (Å²) < 4.78 is 0. The van der Waals surface area contributed by atoms with Crippen LogP contribution in [0.25, 0.3) is 0 Å². The number of terminal acetylenes is 1. The van der Waals surface area contributed by atoms with E-state index < -0.39 is 6.04 Å². The van der Waals surface area contributed by atoms with Gasteiger partial charge in [0.2, 0.25) is 5.91 Å². The molecule has 0 aliphatic carbocycles. The summed E-state index contributed by atoms with van der Waals surface area (Å²) in [4.78, 5) is 13.0. The zero-order chi connectivity index (χ0) is 9.72. The van der Waals surface area contributed by atoms with E-state index in [1.165, 1.54) is 0 Å². The summed E-state index contributed by atoms with van der Waals surface area (Å²) in [6, 6.07) is -0.385. The molecule has 0 bridgehead atoms.